The second kappa shape index (κ2) is 14.2. The lowest BCUT2D eigenvalue weighted by Gasteiger charge is -2.46. The fourth-order valence-corrected chi connectivity index (χ4v) is 9.39. The Bertz CT molecular complexity index is 1680. The van der Waals surface area contributed by atoms with E-state index in [9.17, 15) is 13.2 Å². The average Bonchev–Trinajstić information content (AvgIpc) is 3.21. The third-order valence-electron chi connectivity index (χ3n) is 11.1. The molecule has 12 heteroatoms. The van der Waals surface area contributed by atoms with Crippen LogP contribution in [0.15, 0.2) is 53.4 Å². The zero-order chi connectivity index (χ0) is 34.2. The number of carbonyl (C=O) groups excluding carboxylic acids is 1. The number of benzene rings is 2. The van der Waals surface area contributed by atoms with Crippen LogP contribution in [0.5, 0.6) is 5.75 Å². The summed E-state index contributed by atoms with van der Waals surface area (Å²) in [5.41, 5.74) is 1.55. The second-order valence-corrected chi connectivity index (χ2v) is 16.8. The molecule has 1 amide bonds. The van der Waals surface area contributed by atoms with Gasteiger partial charge in [-0.25, -0.2) is 13.1 Å². The molecule has 1 N–H and O–H groups in total. The molecule has 1 saturated carbocycles. The fourth-order valence-electron chi connectivity index (χ4n) is 8.08. The van der Waals surface area contributed by atoms with E-state index in [0.717, 1.165) is 82.2 Å². The number of ether oxygens (including phenoxy) is 4. The zero-order valence-electron chi connectivity index (χ0n) is 28.5. The molecule has 2 aliphatic carbocycles. The Hall–Kier alpha value is -2.67. The summed E-state index contributed by atoms with van der Waals surface area (Å²) in [6.45, 7) is 9.94. The number of fused-ring (bicyclic) bond motifs is 4. The van der Waals surface area contributed by atoms with Gasteiger partial charge in [0.1, 0.15) is 11.4 Å². The minimum Gasteiger partial charge on any atom is -0.490 e. The molecular formula is C37H48ClN3O7S. The number of aryl methyl sites for hydroxylation is 1. The normalized spacial score (nSPS) is 29.9. The summed E-state index contributed by atoms with van der Waals surface area (Å²) in [5.74, 6) is 0.504. The molecule has 0 radical (unpaired) electrons. The van der Waals surface area contributed by atoms with Gasteiger partial charge in [0.25, 0.3) is 15.9 Å². The molecule has 49 heavy (non-hydrogen) atoms. The third kappa shape index (κ3) is 7.39. The Morgan fingerprint density at radius 1 is 1.10 bits per heavy atom. The van der Waals surface area contributed by atoms with Gasteiger partial charge in [0.15, 0.2) is 0 Å². The largest absolute Gasteiger partial charge is 0.490 e. The molecule has 5 aliphatic rings. The minimum atomic E-state index is -4.19. The van der Waals surface area contributed by atoms with Gasteiger partial charge in [0.05, 0.1) is 49.7 Å². The fraction of sp³-hybridized carbons (Fsp3) is 0.595. The van der Waals surface area contributed by atoms with Crippen molar-refractivity contribution in [1.82, 2.24) is 9.62 Å². The van der Waals surface area contributed by atoms with Crippen LogP contribution in [0.1, 0.15) is 50.7 Å². The number of halogens is 1. The number of sulfonamides is 1. The number of hydrogen-bond donors (Lipinski definition) is 1. The summed E-state index contributed by atoms with van der Waals surface area (Å²) in [4.78, 5) is 18.0. The standard InChI is InChI=1S/C37H48ClN3O7S/c1-36(2)35(42)39-49(43,44)29-9-12-34-32(22-29)41(24-37(25-47-34)13-3-5-26-21-28(38)8-11-31(26)37)23-27-7-10-30(27)33(6-4-17-48-36)46-20-16-40-14-18-45-19-15-40/h4,6,8-9,11-12,21-22,27,30,33H,3,5,7,10,13-20,23-25H2,1-2H3,(H,39,42)/t27-,30+,33-,37-/m0/s1. The summed E-state index contributed by atoms with van der Waals surface area (Å²) < 4.78 is 54.2. The molecule has 266 valence electrons. The van der Waals surface area contributed by atoms with Gasteiger partial charge in [-0.15, -0.1) is 0 Å². The van der Waals surface area contributed by atoms with Gasteiger partial charge in [-0.1, -0.05) is 29.8 Å². The van der Waals surface area contributed by atoms with Crippen LogP contribution in [0.25, 0.3) is 0 Å². The van der Waals surface area contributed by atoms with Crippen LogP contribution in [0.3, 0.4) is 0 Å². The monoisotopic (exact) mass is 713 g/mol. The Labute approximate surface area is 295 Å². The van der Waals surface area contributed by atoms with Gasteiger partial charge in [-0.2, -0.15) is 0 Å². The average molecular weight is 714 g/mol. The number of carbonyl (C=O) groups is 1. The molecule has 2 aromatic carbocycles. The molecule has 1 saturated heterocycles. The highest BCUT2D eigenvalue weighted by molar-refractivity contribution is 7.90. The molecular weight excluding hydrogens is 666 g/mol. The van der Waals surface area contributed by atoms with E-state index in [1.807, 2.05) is 12.1 Å². The molecule has 3 aliphatic heterocycles. The Kier molecular flexibility index (Phi) is 10.0. The van der Waals surface area contributed by atoms with Gasteiger partial charge in [-0.3, -0.25) is 9.69 Å². The van der Waals surface area contributed by atoms with Gasteiger partial charge in [0, 0.05) is 43.2 Å². The van der Waals surface area contributed by atoms with Crippen LogP contribution in [0.2, 0.25) is 5.02 Å². The first-order valence-electron chi connectivity index (χ1n) is 17.6. The highest BCUT2D eigenvalue weighted by Crippen LogP contribution is 2.47. The molecule has 0 aromatic heterocycles. The number of amides is 1. The summed E-state index contributed by atoms with van der Waals surface area (Å²) in [6.07, 6.45) is 8.88. The number of morpholine rings is 1. The van der Waals surface area contributed by atoms with Crippen molar-refractivity contribution >= 4 is 33.2 Å². The van der Waals surface area contributed by atoms with Crippen LogP contribution >= 0.6 is 11.6 Å². The van der Waals surface area contributed by atoms with Crippen molar-refractivity contribution in [3.63, 3.8) is 0 Å². The third-order valence-corrected chi connectivity index (χ3v) is 12.7. The zero-order valence-corrected chi connectivity index (χ0v) is 30.1. The van der Waals surface area contributed by atoms with E-state index in [1.54, 1.807) is 26.0 Å². The maximum Gasteiger partial charge on any atom is 0.265 e. The Morgan fingerprint density at radius 3 is 2.73 bits per heavy atom. The van der Waals surface area contributed by atoms with Crippen molar-refractivity contribution in [2.75, 3.05) is 70.7 Å². The first-order chi connectivity index (χ1) is 23.5. The van der Waals surface area contributed by atoms with E-state index in [0.29, 0.717) is 31.4 Å². The lowest BCUT2D eigenvalue weighted by molar-refractivity contribution is -0.139. The quantitative estimate of drug-likeness (QED) is 0.451. The van der Waals surface area contributed by atoms with Crippen LogP contribution in [-0.4, -0.2) is 96.7 Å². The number of nitrogens with one attached hydrogen (secondary N) is 1. The highest BCUT2D eigenvalue weighted by Gasteiger charge is 2.45. The van der Waals surface area contributed by atoms with E-state index in [4.69, 9.17) is 30.5 Å². The van der Waals surface area contributed by atoms with Crippen LogP contribution in [-0.2, 0) is 40.9 Å². The molecule has 7 rings (SSSR count). The number of rotatable bonds is 4. The summed E-state index contributed by atoms with van der Waals surface area (Å²) in [6, 6.07) is 11.1. The van der Waals surface area contributed by atoms with Crippen LogP contribution in [0.4, 0.5) is 5.69 Å². The Morgan fingerprint density at radius 2 is 1.94 bits per heavy atom. The second-order valence-electron chi connectivity index (χ2n) is 14.7. The van der Waals surface area contributed by atoms with Crippen molar-refractivity contribution in [3.8, 4) is 5.75 Å². The Balaban J connectivity index is 1.24. The molecule has 0 unspecified atom stereocenters. The van der Waals surface area contributed by atoms with E-state index >= 15 is 0 Å². The minimum absolute atomic E-state index is 0.0113. The smallest absolute Gasteiger partial charge is 0.265 e. The molecule has 1 spiro atoms. The number of nitrogens with zero attached hydrogens (tertiary/aromatic N) is 2. The van der Waals surface area contributed by atoms with Gasteiger partial charge < -0.3 is 23.8 Å². The van der Waals surface area contributed by atoms with Crippen molar-refractivity contribution in [2.45, 2.75) is 68.0 Å². The topological polar surface area (TPSA) is 107 Å². The summed E-state index contributed by atoms with van der Waals surface area (Å²) in [7, 11) is -4.19. The van der Waals surface area contributed by atoms with E-state index in [2.05, 4.69) is 32.7 Å². The highest BCUT2D eigenvalue weighted by atomic mass is 35.5. The van der Waals surface area contributed by atoms with Crippen LogP contribution < -0.4 is 14.4 Å². The summed E-state index contributed by atoms with van der Waals surface area (Å²) in [5, 5.41) is 0.731. The summed E-state index contributed by atoms with van der Waals surface area (Å²) >= 11 is 6.45. The first kappa shape index (κ1) is 34.8. The van der Waals surface area contributed by atoms with Crippen molar-refractivity contribution < 1.29 is 32.2 Å². The lowest BCUT2D eigenvalue weighted by Crippen LogP contribution is -2.50. The molecule has 4 atom stereocenters. The van der Waals surface area contributed by atoms with Gasteiger partial charge >= 0.3 is 0 Å². The van der Waals surface area contributed by atoms with E-state index in [-0.39, 0.29) is 28.9 Å². The predicted octanol–water partition coefficient (Wildman–Crippen LogP) is 4.73. The van der Waals surface area contributed by atoms with Crippen molar-refractivity contribution in [1.29, 1.82) is 0 Å². The predicted molar refractivity (Wildman–Crippen MR) is 188 cm³/mol. The lowest BCUT2D eigenvalue weighted by atomic mass is 9.68. The molecule has 10 nitrogen and oxygen atoms in total. The first-order valence-corrected chi connectivity index (χ1v) is 19.5. The van der Waals surface area contributed by atoms with Crippen LogP contribution in [0, 0.1) is 11.8 Å². The molecule has 2 bridgehead atoms. The van der Waals surface area contributed by atoms with E-state index < -0.39 is 21.5 Å². The SMILES string of the molecule is CC1(C)OCC=C[C@H](OCCN2CCOCC2)[C@@H]2CC[C@H]2CN2C[C@@]3(CCCc4cc(Cl)ccc43)COc3ccc(cc32)S(=O)(=O)NC1=O. The molecule has 2 fully saturated rings. The number of hydrogen-bond acceptors (Lipinski definition) is 9. The molecule has 3 heterocycles. The molecule has 2 aromatic rings. The van der Waals surface area contributed by atoms with Gasteiger partial charge in [0.2, 0.25) is 0 Å². The maximum absolute atomic E-state index is 13.6. The maximum atomic E-state index is 13.6. The van der Waals surface area contributed by atoms with Gasteiger partial charge in [-0.05, 0) is 99.2 Å². The van der Waals surface area contributed by atoms with Crippen molar-refractivity contribution in [2.24, 2.45) is 11.8 Å². The number of anilines is 1. The van der Waals surface area contributed by atoms with E-state index in [1.165, 1.54) is 17.2 Å². The van der Waals surface area contributed by atoms with Crippen molar-refractivity contribution in [3.05, 3.63) is 64.7 Å².